The van der Waals surface area contributed by atoms with E-state index in [2.05, 4.69) is 5.32 Å². The first-order valence-corrected chi connectivity index (χ1v) is 2.97. The number of piperidine rings is 1. The Morgan fingerprint density at radius 3 is 2.56 bits per heavy atom. The summed E-state index contributed by atoms with van der Waals surface area (Å²) in [4.78, 5) is 0. The van der Waals surface area contributed by atoms with Gasteiger partial charge in [0.2, 0.25) is 0 Å². The van der Waals surface area contributed by atoms with Gasteiger partial charge >= 0.3 is 0 Å². The van der Waals surface area contributed by atoms with E-state index in [0.717, 1.165) is 0 Å². The standard InChI is InChI=1S/C5H10F2N2/c6-5(7)1-2-9-3-4(5)8/h4,9H,1-3,8H2. The van der Waals surface area contributed by atoms with Crippen molar-refractivity contribution in [1.29, 1.82) is 0 Å². The van der Waals surface area contributed by atoms with E-state index in [4.69, 9.17) is 5.73 Å². The van der Waals surface area contributed by atoms with Crippen LogP contribution in [-0.2, 0) is 0 Å². The fourth-order valence-corrected chi connectivity index (χ4v) is 0.847. The molecule has 0 bridgehead atoms. The minimum absolute atomic E-state index is 0.131. The number of nitrogens with two attached hydrogens (primary N) is 1. The molecule has 1 aliphatic rings. The van der Waals surface area contributed by atoms with Crippen molar-refractivity contribution in [3.63, 3.8) is 0 Å². The molecule has 0 aromatic heterocycles. The maximum Gasteiger partial charge on any atom is 0.265 e. The number of alkyl halides is 2. The van der Waals surface area contributed by atoms with Gasteiger partial charge in [0.05, 0.1) is 6.04 Å². The van der Waals surface area contributed by atoms with Crippen LogP contribution in [0.4, 0.5) is 8.78 Å². The Morgan fingerprint density at radius 1 is 1.56 bits per heavy atom. The van der Waals surface area contributed by atoms with Gasteiger partial charge in [-0.15, -0.1) is 0 Å². The fourth-order valence-electron chi connectivity index (χ4n) is 0.847. The van der Waals surface area contributed by atoms with Crippen LogP contribution in [-0.4, -0.2) is 25.1 Å². The normalized spacial score (nSPS) is 34.3. The molecule has 1 atom stereocenters. The highest BCUT2D eigenvalue weighted by Gasteiger charge is 2.38. The van der Waals surface area contributed by atoms with Crippen molar-refractivity contribution in [1.82, 2.24) is 5.32 Å². The second kappa shape index (κ2) is 2.19. The van der Waals surface area contributed by atoms with Gasteiger partial charge in [-0.1, -0.05) is 0 Å². The van der Waals surface area contributed by atoms with Gasteiger partial charge in [0.15, 0.2) is 0 Å². The summed E-state index contributed by atoms with van der Waals surface area (Å²) in [5, 5.41) is 2.79. The molecule has 0 spiro atoms. The molecule has 4 heteroatoms. The first-order valence-electron chi connectivity index (χ1n) is 2.97. The molecule has 0 saturated carbocycles. The van der Waals surface area contributed by atoms with Gasteiger partial charge in [0.1, 0.15) is 0 Å². The lowest BCUT2D eigenvalue weighted by Crippen LogP contribution is -2.53. The quantitative estimate of drug-likeness (QED) is 0.489. The van der Waals surface area contributed by atoms with E-state index in [0.29, 0.717) is 6.54 Å². The lowest BCUT2D eigenvalue weighted by molar-refractivity contribution is -0.0448. The first-order chi connectivity index (χ1) is 4.13. The second-order valence-electron chi connectivity index (χ2n) is 2.32. The van der Waals surface area contributed by atoms with Crippen LogP contribution >= 0.6 is 0 Å². The highest BCUT2D eigenvalue weighted by molar-refractivity contribution is 4.86. The Bertz CT molecular complexity index is 105. The average Bonchev–Trinajstić information content (AvgIpc) is 1.77. The highest BCUT2D eigenvalue weighted by Crippen LogP contribution is 2.22. The molecule has 9 heavy (non-hydrogen) atoms. The highest BCUT2D eigenvalue weighted by atomic mass is 19.3. The van der Waals surface area contributed by atoms with E-state index in [1.807, 2.05) is 0 Å². The van der Waals surface area contributed by atoms with Crippen LogP contribution in [0.15, 0.2) is 0 Å². The van der Waals surface area contributed by atoms with Gasteiger partial charge in [-0.2, -0.15) is 0 Å². The van der Waals surface area contributed by atoms with E-state index < -0.39 is 12.0 Å². The number of hydrogen-bond donors (Lipinski definition) is 2. The van der Waals surface area contributed by atoms with Crippen molar-refractivity contribution >= 4 is 0 Å². The maximum absolute atomic E-state index is 12.4. The van der Waals surface area contributed by atoms with E-state index in [9.17, 15) is 8.78 Å². The first kappa shape index (κ1) is 6.89. The topological polar surface area (TPSA) is 38.0 Å². The predicted octanol–water partition coefficient (Wildman–Crippen LogP) is -0.0577. The Kier molecular flexibility index (Phi) is 1.68. The zero-order valence-electron chi connectivity index (χ0n) is 5.03. The summed E-state index contributed by atoms with van der Waals surface area (Å²) in [5.41, 5.74) is 5.10. The van der Waals surface area contributed by atoms with Crippen LogP contribution in [0.25, 0.3) is 0 Å². The van der Waals surface area contributed by atoms with E-state index in [1.54, 1.807) is 0 Å². The van der Waals surface area contributed by atoms with Crippen LogP contribution in [0.5, 0.6) is 0 Å². The summed E-state index contributed by atoms with van der Waals surface area (Å²) >= 11 is 0. The molecule has 1 saturated heterocycles. The van der Waals surface area contributed by atoms with Crippen molar-refractivity contribution in [3.8, 4) is 0 Å². The number of hydrogen-bond acceptors (Lipinski definition) is 2. The van der Waals surface area contributed by atoms with Gasteiger partial charge in [-0.3, -0.25) is 0 Å². The molecular formula is C5H10F2N2. The van der Waals surface area contributed by atoms with Crippen molar-refractivity contribution in [3.05, 3.63) is 0 Å². The third-order valence-electron chi connectivity index (χ3n) is 1.54. The Morgan fingerprint density at radius 2 is 2.22 bits per heavy atom. The number of nitrogens with one attached hydrogen (secondary N) is 1. The molecule has 1 fully saturated rings. The molecule has 0 amide bonds. The summed E-state index contributed by atoms with van der Waals surface area (Å²) in [6.07, 6.45) is -0.131. The van der Waals surface area contributed by atoms with Crippen LogP contribution in [0.1, 0.15) is 6.42 Å². The number of halogens is 2. The summed E-state index contributed by atoms with van der Waals surface area (Å²) in [7, 11) is 0. The van der Waals surface area contributed by atoms with E-state index in [-0.39, 0.29) is 13.0 Å². The van der Waals surface area contributed by atoms with E-state index in [1.165, 1.54) is 0 Å². The molecule has 2 nitrogen and oxygen atoms in total. The van der Waals surface area contributed by atoms with Crippen molar-refractivity contribution in [2.45, 2.75) is 18.4 Å². The van der Waals surface area contributed by atoms with Gasteiger partial charge in [-0.05, 0) is 0 Å². The number of rotatable bonds is 0. The molecule has 1 heterocycles. The minimum atomic E-state index is -2.65. The lowest BCUT2D eigenvalue weighted by atomic mass is 10.0. The Balaban J connectivity index is 2.49. The summed E-state index contributed by atoms with van der Waals surface area (Å²) in [6.45, 7) is 0.605. The average molecular weight is 136 g/mol. The van der Waals surface area contributed by atoms with Crippen LogP contribution in [0.2, 0.25) is 0 Å². The third-order valence-corrected chi connectivity index (χ3v) is 1.54. The molecule has 1 rings (SSSR count). The van der Waals surface area contributed by atoms with Crippen LogP contribution < -0.4 is 11.1 Å². The van der Waals surface area contributed by atoms with Crippen LogP contribution in [0.3, 0.4) is 0 Å². The third kappa shape index (κ3) is 1.37. The molecule has 0 aromatic rings. The SMILES string of the molecule is NC1CNCCC1(F)F. The zero-order chi connectivity index (χ0) is 6.91. The largest absolute Gasteiger partial charge is 0.322 e. The minimum Gasteiger partial charge on any atom is -0.322 e. The Hall–Kier alpha value is -0.220. The molecule has 1 unspecified atom stereocenters. The van der Waals surface area contributed by atoms with Gasteiger partial charge in [0, 0.05) is 19.5 Å². The van der Waals surface area contributed by atoms with Gasteiger partial charge in [0.25, 0.3) is 5.92 Å². The lowest BCUT2D eigenvalue weighted by Gasteiger charge is -2.28. The van der Waals surface area contributed by atoms with Crippen molar-refractivity contribution in [2.75, 3.05) is 13.1 Å². The molecule has 0 aliphatic carbocycles. The molecular weight excluding hydrogens is 126 g/mol. The fraction of sp³-hybridized carbons (Fsp3) is 1.00. The summed E-state index contributed by atoms with van der Waals surface area (Å²) in [6, 6.07) is -0.994. The van der Waals surface area contributed by atoms with Crippen molar-refractivity contribution in [2.24, 2.45) is 5.73 Å². The van der Waals surface area contributed by atoms with E-state index >= 15 is 0 Å². The zero-order valence-corrected chi connectivity index (χ0v) is 5.03. The molecule has 0 radical (unpaired) electrons. The maximum atomic E-state index is 12.4. The monoisotopic (exact) mass is 136 g/mol. The molecule has 3 N–H and O–H groups in total. The smallest absolute Gasteiger partial charge is 0.265 e. The summed E-state index contributed by atoms with van der Waals surface area (Å²) < 4.78 is 24.9. The molecule has 1 aliphatic heterocycles. The Labute approximate surface area is 52.4 Å². The second-order valence-corrected chi connectivity index (χ2v) is 2.32. The van der Waals surface area contributed by atoms with Gasteiger partial charge < -0.3 is 11.1 Å². The predicted molar refractivity (Wildman–Crippen MR) is 30.4 cm³/mol. The van der Waals surface area contributed by atoms with Crippen LogP contribution in [0, 0.1) is 0 Å². The molecule has 0 aromatic carbocycles. The van der Waals surface area contributed by atoms with Crippen molar-refractivity contribution < 1.29 is 8.78 Å². The summed E-state index contributed by atoms with van der Waals surface area (Å²) in [5.74, 6) is -2.65. The molecule has 54 valence electrons. The van der Waals surface area contributed by atoms with Gasteiger partial charge in [-0.25, -0.2) is 8.78 Å².